The predicted molar refractivity (Wildman–Crippen MR) is 112 cm³/mol. The fraction of sp³-hybridized carbons (Fsp3) is 0.455. The quantitative estimate of drug-likeness (QED) is 0.784. The van der Waals surface area contributed by atoms with E-state index in [1.165, 1.54) is 44.2 Å². The molecule has 28 heavy (non-hydrogen) atoms. The van der Waals surface area contributed by atoms with Gasteiger partial charge in [0.05, 0.1) is 6.26 Å². The molecule has 0 spiro atoms. The van der Waals surface area contributed by atoms with Crippen LogP contribution in [0.3, 0.4) is 0 Å². The number of hydrogen-bond acceptors (Lipinski definition) is 4. The normalized spacial score (nSPS) is 22.6. The van der Waals surface area contributed by atoms with Crippen molar-refractivity contribution in [2.75, 3.05) is 17.5 Å². The van der Waals surface area contributed by atoms with Gasteiger partial charge in [-0.3, -0.25) is 9.62 Å². The molecule has 0 saturated carbocycles. The van der Waals surface area contributed by atoms with Crippen molar-refractivity contribution >= 4 is 15.7 Å². The largest absolute Gasteiger partial charge is 0.489 e. The van der Waals surface area contributed by atoms with Crippen molar-refractivity contribution in [3.05, 3.63) is 59.7 Å². The first-order chi connectivity index (χ1) is 13.5. The van der Waals surface area contributed by atoms with E-state index in [0.29, 0.717) is 18.3 Å². The van der Waals surface area contributed by atoms with Crippen molar-refractivity contribution in [1.29, 1.82) is 0 Å². The SMILES string of the molecule is CS(=O)(=O)Nc1cccc(COc2ccc([C@H]3CC[C@H]4CCCCN43)cc2)c1. The number of anilines is 1. The molecule has 1 N–H and O–H groups in total. The minimum atomic E-state index is -3.28. The molecule has 0 radical (unpaired) electrons. The van der Waals surface area contributed by atoms with Crippen LogP contribution in [0.4, 0.5) is 5.69 Å². The van der Waals surface area contributed by atoms with Crippen LogP contribution in [0, 0.1) is 0 Å². The number of benzene rings is 2. The maximum Gasteiger partial charge on any atom is 0.229 e. The van der Waals surface area contributed by atoms with Gasteiger partial charge in [0, 0.05) is 17.8 Å². The molecule has 6 heteroatoms. The zero-order valence-corrected chi connectivity index (χ0v) is 17.1. The Hall–Kier alpha value is -2.05. The van der Waals surface area contributed by atoms with Gasteiger partial charge in [0.1, 0.15) is 12.4 Å². The average Bonchev–Trinajstić information content (AvgIpc) is 3.10. The number of piperidine rings is 1. The highest BCUT2D eigenvalue weighted by Gasteiger charge is 2.35. The van der Waals surface area contributed by atoms with Gasteiger partial charge >= 0.3 is 0 Å². The molecule has 2 atom stereocenters. The topological polar surface area (TPSA) is 58.6 Å². The van der Waals surface area contributed by atoms with Crippen LogP contribution in [0.1, 0.15) is 49.3 Å². The minimum Gasteiger partial charge on any atom is -0.489 e. The smallest absolute Gasteiger partial charge is 0.229 e. The van der Waals surface area contributed by atoms with Crippen LogP contribution < -0.4 is 9.46 Å². The monoisotopic (exact) mass is 400 g/mol. The predicted octanol–water partition coefficient (Wildman–Crippen LogP) is 4.33. The first-order valence-corrected chi connectivity index (χ1v) is 11.9. The van der Waals surface area contributed by atoms with E-state index in [1.54, 1.807) is 12.1 Å². The molecule has 0 amide bonds. The van der Waals surface area contributed by atoms with E-state index < -0.39 is 10.0 Å². The standard InChI is InChI=1S/C22H28N2O3S/c1-28(25,26)23-19-6-4-5-17(15-19)16-27-21-11-8-18(9-12-21)22-13-10-20-7-2-3-14-24(20)22/h4-6,8-9,11-12,15,20,22-23H,2-3,7,10,13-14,16H2,1H3/t20-,22-/m1/s1. The third kappa shape index (κ3) is 4.67. The number of fused-ring (bicyclic) bond motifs is 1. The summed E-state index contributed by atoms with van der Waals surface area (Å²) in [4.78, 5) is 2.69. The highest BCUT2D eigenvalue weighted by Crippen LogP contribution is 2.40. The fourth-order valence-corrected chi connectivity index (χ4v) is 5.06. The van der Waals surface area contributed by atoms with Crippen molar-refractivity contribution in [1.82, 2.24) is 4.90 Å². The minimum absolute atomic E-state index is 0.399. The second-order valence-corrected chi connectivity index (χ2v) is 9.66. The third-order valence-corrected chi connectivity index (χ3v) is 6.35. The zero-order valence-electron chi connectivity index (χ0n) is 16.3. The summed E-state index contributed by atoms with van der Waals surface area (Å²) in [6, 6.07) is 17.1. The van der Waals surface area contributed by atoms with E-state index in [-0.39, 0.29) is 0 Å². The van der Waals surface area contributed by atoms with Gasteiger partial charge in [-0.15, -0.1) is 0 Å². The number of nitrogens with zero attached hydrogens (tertiary/aromatic N) is 1. The van der Waals surface area contributed by atoms with Crippen molar-refractivity contribution in [3.8, 4) is 5.75 Å². The van der Waals surface area contributed by atoms with E-state index in [2.05, 4.69) is 21.8 Å². The third-order valence-electron chi connectivity index (χ3n) is 5.75. The molecule has 2 aromatic rings. The second kappa shape index (κ2) is 8.13. The van der Waals surface area contributed by atoms with Gasteiger partial charge in [-0.1, -0.05) is 30.7 Å². The van der Waals surface area contributed by atoms with Gasteiger partial charge in [-0.05, 0) is 67.6 Å². The van der Waals surface area contributed by atoms with E-state index in [4.69, 9.17) is 4.74 Å². The van der Waals surface area contributed by atoms with Gasteiger partial charge in [-0.2, -0.15) is 0 Å². The van der Waals surface area contributed by atoms with Crippen molar-refractivity contribution < 1.29 is 13.2 Å². The van der Waals surface area contributed by atoms with Gasteiger partial charge < -0.3 is 4.74 Å². The number of nitrogens with one attached hydrogen (secondary N) is 1. The molecule has 0 aromatic heterocycles. The average molecular weight is 401 g/mol. The van der Waals surface area contributed by atoms with E-state index in [1.807, 2.05) is 24.3 Å². The number of ether oxygens (including phenoxy) is 1. The number of sulfonamides is 1. The number of rotatable bonds is 6. The maximum atomic E-state index is 11.4. The summed E-state index contributed by atoms with van der Waals surface area (Å²) in [6.07, 6.45) is 7.77. The molecular formula is C22H28N2O3S. The Balaban J connectivity index is 1.37. The van der Waals surface area contributed by atoms with Crippen LogP contribution in [-0.2, 0) is 16.6 Å². The highest BCUT2D eigenvalue weighted by atomic mass is 32.2. The molecule has 150 valence electrons. The van der Waals surface area contributed by atoms with Crippen LogP contribution >= 0.6 is 0 Å². The maximum absolute atomic E-state index is 11.4. The van der Waals surface area contributed by atoms with E-state index in [0.717, 1.165) is 23.6 Å². The first-order valence-electron chi connectivity index (χ1n) is 10.0. The Bertz CT molecular complexity index is 912. The van der Waals surface area contributed by atoms with Crippen molar-refractivity contribution in [3.63, 3.8) is 0 Å². The fourth-order valence-electron chi connectivity index (χ4n) is 4.51. The molecule has 0 bridgehead atoms. The Kier molecular flexibility index (Phi) is 5.60. The van der Waals surface area contributed by atoms with E-state index in [9.17, 15) is 8.42 Å². The molecular weight excluding hydrogens is 372 g/mol. The zero-order chi connectivity index (χ0) is 19.6. The lowest BCUT2D eigenvalue weighted by Crippen LogP contribution is -2.35. The molecule has 2 fully saturated rings. The number of hydrogen-bond donors (Lipinski definition) is 1. The van der Waals surface area contributed by atoms with Gasteiger partial charge in [0.2, 0.25) is 10.0 Å². The van der Waals surface area contributed by atoms with Crippen LogP contribution in [0.5, 0.6) is 5.75 Å². The lowest BCUT2D eigenvalue weighted by molar-refractivity contribution is 0.150. The molecule has 5 nitrogen and oxygen atoms in total. The highest BCUT2D eigenvalue weighted by molar-refractivity contribution is 7.92. The second-order valence-electron chi connectivity index (χ2n) is 7.91. The molecule has 4 rings (SSSR count). The molecule has 2 aromatic carbocycles. The summed E-state index contributed by atoms with van der Waals surface area (Å²) < 4.78 is 31.2. The van der Waals surface area contributed by atoms with Crippen molar-refractivity contribution in [2.45, 2.75) is 50.8 Å². The van der Waals surface area contributed by atoms with Crippen LogP contribution in [-0.4, -0.2) is 32.2 Å². The Morgan fingerprint density at radius 3 is 2.68 bits per heavy atom. The van der Waals surface area contributed by atoms with Crippen LogP contribution in [0.2, 0.25) is 0 Å². The Labute approximate surface area is 167 Å². The Morgan fingerprint density at radius 2 is 1.89 bits per heavy atom. The lowest BCUT2D eigenvalue weighted by Gasteiger charge is -2.34. The van der Waals surface area contributed by atoms with Gasteiger partial charge in [0.15, 0.2) is 0 Å². The van der Waals surface area contributed by atoms with E-state index >= 15 is 0 Å². The summed E-state index contributed by atoms with van der Waals surface area (Å²) >= 11 is 0. The van der Waals surface area contributed by atoms with Crippen LogP contribution in [0.25, 0.3) is 0 Å². The Morgan fingerprint density at radius 1 is 1.07 bits per heavy atom. The molecule has 0 aliphatic carbocycles. The molecule has 2 saturated heterocycles. The lowest BCUT2D eigenvalue weighted by atomic mass is 10.0. The van der Waals surface area contributed by atoms with Gasteiger partial charge in [0.25, 0.3) is 0 Å². The summed E-state index contributed by atoms with van der Waals surface area (Å²) in [5.74, 6) is 0.832. The molecule has 0 unspecified atom stereocenters. The van der Waals surface area contributed by atoms with Crippen LogP contribution in [0.15, 0.2) is 48.5 Å². The molecule has 2 aliphatic rings. The first kappa shape index (κ1) is 19.3. The van der Waals surface area contributed by atoms with Gasteiger partial charge in [-0.25, -0.2) is 8.42 Å². The summed E-state index contributed by atoms with van der Waals surface area (Å²) in [6.45, 7) is 1.63. The molecule has 2 aliphatic heterocycles. The van der Waals surface area contributed by atoms with Crippen molar-refractivity contribution in [2.24, 2.45) is 0 Å². The summed E-state index contributed by atoms with van der Waals surface area (Å²) in [5, 5.41) is 0. The summed E-state index contributed by atoms with van der Waals surface area (Å²) in [7, 11) is -3.28. The molecule has 2 heterocycles. The summed E-state index contributed by atoms with van der Waals surface area (Å²) in [5.41, 5.74) is 2.86.